The Morgan fingerprint density at radius 1 is 1.12 bits per heavy atom. The Morgan fingerprint density at radius 2 is 1.88 bits per heavy atom. The van der Waals surface area contributed by atoms with Crippen LogP contribution in [0.25, 0.3) is 5.57 Å². The molecule has 1 saturated heterocycles. The standard InChI is InChI=1S/C15H18N2/c1-2-6-13(7-3-1)14-8-9-16-12-15(14)17-10-4-5-11-17/h1-3,6-8,15-16H,4-5,9-11H2. The third kappa shape index (κ3) is 2.28. The molecule has 0 bridgehead atoms. The fraction of sp³-hybridized carbons (Fsp3) is 0.400. The summed E-state index contributed by atoms with van der Waals surface area (Å²) in [6.45, 7) is 6.71. The van der Waals surface area contributed by atoms with Crippen LogP contribution in [0, 0.1) is 6.54 Å². The Hall–Kier alpha value is -1.12. The molecule has 2 aliphatic rings. The van der Waals surface area contributed by atoms with Gasteiger partial charge in [-0.15, -0.1) is 0 Å². The van der Waals surface area contributed by atoms with Crippen molar-refractivity contribution in [1.29, 1.82) is 0 Å². The second-order valence-electron chi connectivity index (χ2n) is 4.70. The Labute approximate surface area is 103 Å². The van der Waals surface area contributed by atoms with Gasteiger partial charge in [-0.2, -0.15) is 0 Å². The van der Waals surface area contributed by atoms with Crippen molar-refractivity contribution in [3.8, 4) is 0 Å². The molecule has 2 heterocycles. The van der Waals surface area contributed by atoms with Gasteiger partial charge in [0.15, 0.2) is 0 Å². The lowest BCUT2D eigenvalue weighted by Crippen LogP contribution is -2.40. The molecule has 17 heavy (non-hydrogen) atoms. The largest absolute Gasteiger partial charge is 0.303 e. The lowest BCUT2D eigenvalue weighted by atomic mass is 9.95. The monoisotopic (exact) mass is 226 g/mol. The molecule has 0 aliphatic carbocycles. The van der Waals surface area contributed by atoms with Crippen LogP contribution < -0.4 is 5.32 Å². The van der Waals surface area contributed by atoms with Crippen LogP contribution in [0.1, 0.15) is 18.4 Å². The number of nitrogens with one attached hydrogen (secondary N) is 1. The average Bonchev–Trinajstić information content (AvgIpc) is 2.94. The van der Waals surface area contributed by atoms with Crippen molar-refractivity contribution < 1.29 is 0 Å². The second kappa shape index (κ2) is 5.03. The van der Waals surface area contributed by atoms with Crippen LogP contribution >= 0.6 is 0 Å². The molecule has 2 radical (unpaired) electrons. The molecule has 0 spiro atoms. The van der Waals surface area contributed by atoms with E-state index in [0.29, 0.717) is 6.04 Å². The predicted octanol–water partition coefficient (Wildman–Crippen LogP) is 2.18. The first-order valence-electron chi connectivity index (χ1n) is 6.43. The van der Waals surface area contributed by atoms with Gasteiger partial charge in [0.25, 0.3) is 0 Å². The summed E-state index contributed by atoms with van der Waals surface area (Å²) >= 11 is 0. The molecular formula is C15H18N2. The molecule has 0 saturated carbocycles. The summed E-state index contributed by atoms with van der Waals surface area (Å²) in [6, 6.07) is 11.0. The predicted molar refractivity (Wildman–Crippen MR) is 70.3 cm³/mol. The molecule has 0 aromatic heterocycles. The van der Waals surface area contributed by atoms with Crippen molar-refractivity contribution in [2.75, 3.05) is 19.6 Å². The quantitative estimate of drug-likeness (QED) is 0.831. The SMILES string of the molecule is [C]1NCC=C(c2ccccc2)C1N1CCCC1. The van der Waals surface area contributed by atoms with Gasteiger partial charge in [-0.3, -0.25) is 4.90 Å². The number of hydrogen-bond acceptors (Lipinski definition) is 2. The molecule has 0 amide bonds. The highest BCUT2D eigenvalue weighted by Crippen LogP contribution is 2.28. The summed E-state index contributed by atoms with van der Waals surface area (Å²) in [6.07, 6.45) is 4.94. The molecule has 3 rings (SSSR count). The maximum absolute atomic E-state index is 3.42. The maximum atomic E-state index is 3.42. The van der Waals surface area contributed by atoms with E-state index in [2.05, 4.69) is 53.2 Å². The topological polar surface area (TPSA) is 15.3 Å². The summed E-state index contributed by atoms with van der Waals surface area (Å²) < 4.78 is 0. The van der Waals surface area contributed by atoms with Gasteiger partial charge in [0.2, 0.25) is 0 Å². The van der Waals surface area contributed by atoms with E-state index in [9.17, 15) is 0 Å². The van der Waals surface area contributed by atoms with E-state index >= 15 is 0 Å². The number of hydrogen-bond donors (Lipinski definition) is 1. The van der Waals surface area contributed by atoms with Crippen molar-refractivity contribution in [3.63, 3.8) is 0 Å². The zero-order chi connectivity index (χ0) is 11.5. The number of rotatable bonds is 2. The Balaban J connectivity index is 1.87. The van der Waals surface area contributed by atoms with Crippen LogP contribution in [0.2, 0.25) is 0 Å². The van der Waals surface area contributed by atoms with E-state index in [1.807, 2.05) is 0 Å². The molecule has 1 atom stereocenters. The highest BCUT2D eigenvalue weighted by atomic mass is 15.2. The Kier molecular flexibility index (Phi) is 3.25. The van der Waals surface area contributed by atoms with Gasteiger partial charge >= 0.3 is 0 Å². The van der Waals surface area contributed by atoms with Crippen molar-refractivity contribution >= 4 is 5.57 Å². The van der Waals surface area contributed by atoms with Crippen molar-refractivity contribution in [2.24, 2.45) is 0 Å². The molecule has 1 aromatic carbocycles. The Bertz CT molecular complexity index is 391. The number of likely N-dealkylation sites (tertiary alicyclic amines) is 1. The van der Waals surface area contributed by atoms with Crippen molar-refractivity contribution in [3.05, 3.63) is 48.5 Å². The highest BCUT2D eigenvalue weighted by Gasteiger charge is 2.27. The van der Waals surface area contributed by atoms with Gasteiger partial charge in [-0.1, -0.05) is 36.4 Å². The smallest absolute Gasteiger partial charge is 0.0827 e. The Morgan fingerprint density at radius 3 is 2.65 bits per heavy atom. The summed E-state index contributed by atoms with van der Waals surface area (Å²) in [5.74, 6) is 0. The second-order valence-corrected chi connectivity index (χ2v) is 4.70. The highest BCUT2D eigenvalue weighted by molar-refractivity contribution is 5.71. The summed E-state index contributed by atoms with van der Waals surface area (Å²) in [5, 5.41) is 3.24. The van der Waals surface area contributed by atoms with Crippen molar-refractivity contribution in [2.45, 2.75) is 18.9 Å². The molecule has 2 nitrogen and oxygen atoms in total. The van der Waals surface area contributed by atoms with Gasteiger partial charge in [0, 0.05) is 6.54 Å². The van der Waals surface area contributed by atoms with Gasteiger partial charge in [0.1, 0.15) is 0 Å². The van der Waals surface area contributed by atoms with E-state index in [1.54, 1.807) is 0 Å². The maximum Gasteiger partial charge on any atom is 0.0827 e. The molecule has 1 N–H and O–H groups in total. The van der Waals surface area contributed by atoms with Crippen molar-refractivity contribution in [1.82, 2.24) is 10.2 Å². The van der Waals surface area contributed by atoms with Gasteiger partial charge in [0.05, 0.1) is 12.6 Å². The normalized spacial score (nSPS) is 25.9. The summed E-state index contributed by atoms with van der Waals surface area (Å²) in [7, 11) is 0. The summed E-state index contributed by atoms with van der Waals surface area (Å²) in [4.78, 5) is 2.52. The van der Waals surface area contributed by atoms with E-state index < -0.39 is 0 Å². The summed E-state index contributed by atoms with van der Waals surface area (Å²) in [5.41, 5.74) is 2.74. The van der Waals surface area contributed by atoms with Gasteiger partial charge in [-0.05, 0) is 37.1 Å². The minimum Gasteiger partial charge on any atom is -0.303 e. The number of benzene rings is 1. The first-order valence-corrected chi connectivity index (χ1v) is 6.43. The van der Waals surface area contributed by atoms with Crippen LogP contribution in [0.5, 0.6) is 0 Å². The molecule has 2 aliphatic heterocycles. The fourth-order valence-corrected chi connectivity index (χ4v) is 2.70. The fourth-order valence-electron chi connectivity index (χ4n) is 2.70. The van der Waals surface area contributed by atoms with E-state index in [-0.39, 0.29) is 0 Å². The molecular weight excluding hydrogens is 208 g/mol. The minimum atomic E-state index is 0.327. The molecule has 1 unspecified atom stereocenters. The first-order chi connectivity index (χ1) is 8.45. The van der Waals surface area contributed by atoms with Crippen LogP contribution in [-0.2, 0) is 0 Å². The lowest BCUT2D eigenvalue weighted by Gasteiger charge is -2.32. The molecule has 88 valence electrons. The third-order valence-corrected chi connectivity index (χ3v) is 3.57. The molecule has 1 aromatic rings. The number of nitrogens with zero attached hydrogens (tertiary/aromatic N) is 1. The van der Waals surface area contributed by atoms with Crippen LogP contribution in [0.15, 0.2) is 36.4 Å². The van der Waals surface area contributed by atoms with Crippen LogP contribution in [0.4, 0.5) is 0 Å². The van der Waals surface area contributed by atoms with Gasteiger partial charge < -0.3 is 5.32 Å². The average molecular weight is 226 g/mol. The minimum absolute atomic E-state index is 0.327. The van der Waals surface area contributed by atoms with E-state index in [0.717, 1.165) is 6.54 Å². The van der Waals surface area contributed by atoms with Crippen LogP contribution in [-0.4, -0.2) is 30.6 Å². The van der Waals surface area contributed by atoms with E-state index in [1.165, 1.54) is 37.1 Å². The molecule has 1 fully saturated rings. The molecule has 2 heteroatoms. The van der Waals surface area contributed by atoms with E-state index in [4.69, 9.17) is 0 Å². The van der Waals surface area contributed by atoms with Gasteiger partial charge in [-0.25, -0.2) is 0 Å². The zero-order valence-corrected chi connectivity index (χ0v) is 10.0. The third-order valence-electron chi connectivity index (χ3n) is 3.57. The first kappa shape index (κ1) is 11.0. The lowest BCUT2D eigenvalue weighted by molar-refractivity contribution is 0.305. The zero-order valence-electron chi connectivity index (χ0n) is 10.0. The van der Waals surface area contributed by atoms with Crippen LogP contribution in [0.3, 0.4) is 0 Å².